The molecule has 2 rings (SSSR count). The van der Waals surface area contributed by atoms with Gasteiger partial charge < -0.3 is 10.4 Å². The average Bonchev–Trinajstić information content (AvgIpc) is 2.85. The van der Waals surface area contributed by atoms with E-state index >= 15 is 0 Å². The van der Waals surface area contributed by atoms with Crippen LogP contribution in [0.25, 0.3) is 0 Å². The zero-order valence-electron chi connectivity index (χ0n) is 10.7. The lowest BCUT2D eigenvalue weighted by atomic mass is 10.0. The van der Waals surface area contributed by atoms with Crippen molar-refractivity contribution < 1.29 is 14.8 Å². The fourth-order valence-electron chi connectivity index (χ4n) is 2.58. The SMILES string of the molecule is O=C(NC1CCCC1CO)c1c(Cl)cccc1[N+](=O)[O-]. The lowest BCUT2D eigenvalue weighted by Crippen LogP contribution is -2.38. The number of hydrogen-bond donors (Lipinski definition) is 2. The van der Waals surface area contributed by atoms with Crippen molar-refractivity contribution in [3.8, 4) is 0 Å². The summed E-state index contributed by atoms with van der Waals surface area (Å²) in [4.78, 5) is 22.6. The van der Waals surface area contributed by atoms with Gasteiger partial charge in [0.1, 0.15) is 5.56 Å². The lowest BCUT2D eigenvalue weighted by Gasteiger charge is -2.19. The minimum Gasteiger partial charge on any atom is -0.396 e. The van der Waals surface area contributed by atoms with Crippen LogP contribution in [0.2, 0.25) is 5.02 Å². The maximum absolute atomic E-state index is 12.2. The molecule has 108 valence electrons. The highest BCUT2D eigenvalue weighted by molar-refractivity contribution is 6.34. The van der Waals surface area contributed by atoms with Gasteiger partial charge in [-0.25, -0.2) is 0 Å². The van der Waals surface area contributed by atoms with E-state index in [0.29, 0.717) is 0 Å². The van der Waals surface area contributed by atoms with Crippen LogP contribution in [0.5, 0.6) is 0 Å². The summed E-state index contributed by atoms with van der Waals surface area (Å²) in [5.74, 6) is -0.562. The number of aliphatic hydroxyl groups excluding tert-OH is 1. The number of carbonyl (C=O) groups excluding carboxylic acids is 1. The molecule has 2 atom stereocenters. The monoisotopic (exact) mass is 298 g/mol. The molecule has 2 N–H and O–H groups in total. The molecule has 6 nitrogen and oxygen atoms in total. The zero-order valence-corrected chi connectivity index (χ0v) is 11.5. The Morgan fingerprint density at radius 1 is 1.50 bits per heavy atom. The van der Waals surface area contributed by atoms with Gasteiger partial charge in [0.2, 0.25) is 0 Å². The van der Waals surface area contributed by atoms with Gasteiger partial charge in [-0.1, -0.05) is 24.1 Å². The van der Waals surface area contributed by atoms with Gasteiger partial charge >= 0.3 is 0 Å². The molecule has 1 fully saturated rings. The molecule has 0 radical (unpaired) electrons. The van der Waals surface area contributed by atoms with Gasteiger partial charge in [0, 0.05) is 24.6 Å². The van der Waals surface area contributed by atoms with Crippen LogP contribution < -0.4 is 5.32 Å². The molecule has 0 aromatic heterocycles. The van der Waals surface area contributed by atoms with Crippen molar-refractivity contribution in [2.24, 2.45) is 5.92 Å². The van der Waals surface area contributed by atoms with E-state index in [1.54, 1.807) is 0 Å². The van der Waals surface area contributed by atoms with E-state index < -0.39 is 10.8 Å². The van der Waals surface area contributed by atoms with Gasteiger partial charge in [0.25, 0.3) is 11.6 Å². The molecule has 0 heterocycles. The van der Waals surface area contributed by atoms with Crippen LogP contribution in [0.15, 0.2) is 18.2 Å². The number of nitro benzene ring substituents is 1. The predicted octanol–water partition coefficient (Wildman–Crippen LogP) is 2.14. The quantitative estimate of drug-likeness (QED) is 0.658. The third kappa shape index (κ3) is 2.91. The van der Waals surface area contributed by atoms with E-state index in [0.717, 1.165) is 19.3 Å². The lowest BCUT2D eigenvalue weighted by molar-refractivity contribution is -0.385. The number of rotatable bonds is 4. The van der Waals surface area contributed by atoms with Crippen molar-refractivity contribution in [2.45, 2.75) is 25.3 Å². The van der Waals surface area contributed by atoms with Crippen molar-refractivity contribution in [3.05, 3.63) is 38.9 Å². The van der Waals surface area contributed by atoms with Crippen molar-refractivity contribution >= 4 is 23.2 Å². The summed E-state index contributed by atoms with van der Waals surface area (Å²) >= 11 is 5.91. The van der Waals surface area contributed by atoms with Crippen LogP contribution in [-0.2, 0) is 0 Å². The molecule has 1 saturated carbocycles. The second-order valence-electron chi connectivity index (χ2n) is 4.84. The van der Waals surface area contributed by atoms with Crippen LogP contribution >= 0.6 is 11.6 Å². The molecule has 1 amide bonds. The summed E-state index contributed by atoms with van der Waals surface area (Å²) in [7, 11) is 0. The van der Waals surface area contributed by atoms with Gasteiger partial charge in [0.05, 0.1) is 9.95 Å². The van der Waals surface area contributed by atoms with Crippen LogP contribution in [-0.4, -0.2) is 28.6 Å². The standard InChI is InChI=1S/C13H15ClN2O4/c14-9-4-2-6-11(16(19)20)12(9)13(18)15-10-5-1-3-8(10)7-17/h2,4,6,8,10,17H,1,3,5,7H2,(H,15,18). The number of hydrogen-bond acceptors (Lipinski definition) is 4. The van der Waals surface area contributed by atoms with Gasteiger partial charge in [0.15, 0.2) is 0 Å². The van der Waals surface area contributed by atoms with Crippen LogP contribution in [0, 0.1) is 16.0 Å². The van der Waals surface area contributed by atoms with Gasteiger partial charge in [-0.2, -0.15) is 0 Å². The van der Waals surface area contributed by atoms with Crippen molar-refractivity contribution in [1.29, 1.82) is 0 Å². The maximum Gasteiger partial charge on any atom is 0.283 e. The van der Waals surface area contributed by atoms with E-state index in [-0.39, 0.29) is 34.8 Å². The molecule has 2 unspecified atom stereocenters. The molecule has 0 aliphatic heterocycles. The normalized spacial score (nSPS) is 21.7. The van der Waals surface area contributed by atoms with Crippen LogP contribution in [0.1, 0.15) is 29.6 Å². The first-order valence-corrected chi connectivity index (χ1v) is 6.77. The minimum absolute atomic E-state index is 0.000457. The second-order valence-corrected chi connectivity index (χ2v) is 5.25. The Labute approximate surface area is 120 Å². The highest BCUT2D eigenvalue weighted by atomic mass is 35.5. The Balaban J connectivity index is 2.23. The van der Waals surface area contributed by atoms with E-state index in [4.69, 9.17) is 11.6 Å². The number of nitro groups is 1. The molecule has 0 saturated heterocycles. The number of aliphatic hydroxyl groups is 1. The first kappa shape index (κ1) is 14.7. The number of benzene rings is 1. The first-order chi connectivity index (χ1) is 9.54. The molecule has 1 aromatic carbocycles. The highest BCUT2D eigenvalue weighted by Crippen LogP contribution is 2.29. The number of amides is 1. The molecular weight excluding hydrogens is 284 g/mol. The fourth-order valence-corrected chi connectivity index (χ4v) is 2.83. The topological polar surface area (TPSA) is 92.5 Å². The molecule has 0 bridgehead atoms. The third-order valence-corrected chi connectivity index (χ3v) is 3.94. The summed E-state index contributed by atoms with van der Waals surface area (Å²) in [6.45, 7) is -0.00440. The minimum atomic E-state index is -0.626. The summed E-state index contributed by atoms with van der Waals surface area (Å²) < 4.78 is 0. The molecular formula is C13H15ClN2O4. The summed E-state index contributed by atoms with van der Waals surface area (Å²) in [6.07, 6.45) is 2.52. The Hall–Kier alpha value is -1.66. The number of nitrogens with one attached hydrogen (secondary N) is 1. The van der Waals surface area contributed by atoms with Crippen molar-refractivity contribution in [3.63, 3.8) is 0 Å². The molecule has 20 heavy (non-hydrogen) atoms. The number of halogens is 1. The smallest absolute Gasteiger partial charge is 0.283 e. The highest BCUT2D eigenvalue weighted by Gasteiger charge is 2.31. The molecule has 0 spiro atoms. The molecule has 7 heteroatoms. The van der Waals surface area contributed by atoms with Crippen LogP contribution in [0.4, 0.5) is 5.69 Å². The Morgan fingerprint density at radius 2 is 2.25 bits per heavy atom. The van der Waals surface area contributed by atoms with E-state index in [1.165, 1.54) is 18.2 Å². The first-order valence-electron chi connectivity index (χ1n) is 6.39. The Morgan fingerprint density at radius 3 is 2.90 bits per heavy atom. The third-order valence-electron chi connectivity index (χ3n) is 3.63. The molecule has 1 aliphatic carbocycles. The van der Waals surface area contributed by atoms with Gasteiger partial charge in [-0.15, -0.1) is 0 Å². The summed E-state index contributed by atoms with van der Waals surface area (Å²) in [6, 6.07) is 3.97. The van der Waals surface area contributed by atoms with Crippen molar-refractivity contribution in [2.75, 3.05) is 6.61 Å². The fraction of sp³-hybridized carbons (Fsp3) is 0.462. The largest absolute Gasteiger partial charge is 0.396 e. The number of nitrogens with zero attached hydrogens (tertiary/aromatic N) is 1. The summed E-state index contributed by atoms with van der Waals surface area (Å²) in [5, 5.41) is 23.0. The van der Waals surface area contributed by atoms with Crippen molar-refractivity contribution in [1.82, 2.24) is 5.32 Å². The zero-order chi connectivity index (χ0) is 14.7. The maximum atomic E-state index is 12.2. The Bertz CT molecular complexity index is 535. The van der Waals surface area contributed by atoms with E-state index in [1.807, 2.05) is 0 Å². The summed E-state index contributed by atoms with van der Waals surface area (Å²) in [5.41, 5.74) is -0.434. The van der Waals surface area contributed by atoms with Gasteiger partial charge in [-0.3, -0.25) is 14.9 Å². The number of carbonyl (C=O) groups is 1. The van der Waals surface area contributed by atoms with E-state index in [9.17, 15) is 20.0 Å². The van der Waals surface area contributed by atoms with E-state index in [2.05, 4.69) is 5.32 Å². The second kappa shape index (κ2) is 6.19. The molecule has 1 aromatic rings. The van der Waals surface area contributed by atoms with Gasteiger partial charge in [-0.05, 0) is 18.9 Å². The Kier molecular flexibility index (Phi) is 4.57. The average molecular weight is 299 g/mol. The van der Waals surface area contributed by atoms with Crippen LogP contribution in [0.3, 0.4) is 0 Å². The predicted molar refractivity (Wildman–Crippen MR) is 73.8 cm³/mol. The molecule has 1 aliphatic rings.